The molecule has 0 aliphatic carbocycles. The van der Waals surface area contributed by atoms with E-state index in [4.69, 9.17) is 5.73 Å². The van der Waals surface area contributed by atoms with E-state index in [0.717, 1.165) is 0 Å². The Morgan fingerprint density at radius 3 is 1.97 bits per heavy atom. The molecule has 4 N–H and O–H groups in total. The molecular weight excluding hydrogens is 449 g/mol. The number of carbonyl (C=O) groups is 4. The molecule has 0 fully saturated rings. The van der Waals surface area contributed by atoms with E-state index in [1.807, 2.05) is 6.07 Å². The Kier molecular flexibility index (Phi) is 8.45. The first-order valence-electron chi connectivity index (χ1n) is 11.0. The van der Waals surface area contributed by atoms with Crippen LogP contribution in [0, 0.1) is 5.82 Å². The van der Waals surface area contributed by atoms with Crippen LogP contribution >= 0.6 is 0 Å². The van der Waals surface area contributed by atoms with Crippen LogP contribution in [0.15, 0.2) is 78.9 Å². The summed E-state index contributed by atoms with van der Waals surface area (Å²) in [7, 11) is 0. The molecule has 0 aliphatic heterocycles. The van der Waals surface area contributed by atoms with Crippen LogP contribution in [0.5, 0.6) is 0 Å². The molecule has 35 heavy (non-hydrogen) atoms. The number of nitrogens with two attached hydrogens (primary N) is 1. The van der Waals surface area contributed by atoms with Gasteiger partial charge in [-0.25, -0.2) is 4.39 Å². The highest BCUT2D eigenvalue weighted by atomic mass is 19.1. The summed E-state index contributed by atoms with van der Waals surface area (Å²) in [5, 5.41) is 5.05. The van der Waals surface area contributed by atoms with E-state index in [1.54, 1.807) is 54.6 Å². The van der Waals surface area contributed by atoms with Gasteiger partial charge in [-0.3, -0.25) is 19.2 Å². The molecule has 0 saturated carbocycles. The summed E-state index contributed by atoms with van der Waals surface area (Å²) in [6, 6.07) is 19.2. The van der Waals surface area contributed by atoms with Gasteiger partial charge in [0.05, 0.1) is 0 Å². The van der Waals surface area contributed by atoms with Gasteiger partial charge in [0.2, 0.25) is 17.7 Å². The third-order valence-corrected chi connectivity index (χ3v) is 5.43. The molecule has 0 spiro atoms. The van der Waals surface area contributed by atoms with Gasteiger partial charge in [0.25, 0.3) is 0 Å². The molecule has 3 aromatic carbocycles. The lowest BCUT2D eigenvalue weighted by Gasteiger charge is -2.22. The van der Waals surface area contributed by atoms with Gasteiger partial charge < -0.3 is 16.4 Å². The zero-order valence-corrected chi connectivity index (χ0v) is 19.2. The van der Waals surface area contributed by atoms with Gasteiger partial charge in [0.15, 0.2) is 5.78 Å². The van der Waals surface area contributed by atoms with Gasteiger partial charge in [-0.05, 0) is 17.2 Å². The molecule has 3 amide bonds. The van der Waals surface area contributed by atoms with Crippen LogP contribution in [0.4, 0.5) is 4.39 Å². The average Bonchev–Trinajstić information content (AvgIpc) is 2.84. The fraction of sp³-hybridized carbons (Fsp3) is 0.185. The van der Waals surface area contributed by atoms with Gasteiger partial charge in [0, 0.05) is 30.9 Å². The van der Waals surface area contributed by atoms with E-state index in [1.165, 1.54) is 25.1 Å². The van der Waals surface area contributed by atoms with Crippen molar-refractivity contribution in [1.29, 1.82) is 0 Å². The zero-order valence-electron chi connectivity index (χ0n) is 19.2. The Hall–Kier alpha value is -4.33. The van der Waals surface area contributed by atoms with Crippen molar-refractivity contribution in [2.24, 2.45) is 5.73 Å². The summed E-state index contributed by atoms with van der Waals surface area (Å²) in [4.78, 5) is 49.2. The quantitative estimate of drug-likeness (QED) is 0.390. The molecule has 8 heteroatoms. The maximum absolute atomic E-state index is 14.1. The second kappa shape index (κ2) is 11.7. The summed E-state index contributed by atoms with van der Waals surface area (Å²) in [5.74, 6) is -2.55. The van der Waals surface area contributed by atoms with E-state index in [2.05, 4.69) is 10.6 Å². The molecule has 0 aromatic heterocycles. The highest BCUT2D eigenvalue weighted by Crippen LogP contribution is 2.13. The number of halogens is 1. The second-order valence-corrected chi connectivity index (χ2v) is 8.11. The van der Waals surface area contributed by atoms with Crippen molar-refractivity contribution in [2.45, 2.75) is 31.8 Å². The highest BCUT2D eigenvalue weighted by Gasteiger charge is 2.26. The summed E-state index contributed by atoms with van der Waals surface area (Å²) < 4.78 is 14.1. The predicted molar refractivity (Wildman–Crippen MR) is 129 cm³/mol. The van der Waals surface area contributed by atoms with Crippen LogP contribution in [0.2, 0.25) is 0 Å². The minimum atomic E-state index is -1.10. The molecule has 3 rings (SSSR count). The maximum atomic E-state index is 14.1. The Morgan fingerprint density at radius 2 is 1.37 bits per heavy atom. The first-order valence-corrected chi connectivity index (χ1v) is 11.0. The van der Waals surface area contributed by atoms with E-state index in [0.29, 0.717) is 16.7 Å². The minimum absolute atomic E-state index is 0.0768. The van der Waals surface area contributed by atoms with Crippen LogP contribution < -0.4 is 16.4 Å². The molecule has 0 radical (unpaired) electrons. The SMILES string of the molecule is CC(=O)N[C@@H](Cc1ccccc1F)C(=O)N[C@@H](Cc1ccc(C(=O)c2ccccc2)cc1)C(N)=O. The van der Waals surface area contributed by atoms with Crippen molar-refractivity contribution in [3.8, 4) is 0 Å². The number of primary amides is 1. The number of ketones is 1. The molecule has 2 atom stereocenters. The standard InChI is InChI=1S/C27H26FN3O4/c1-17(32)30-24(16-21-9-5-6-10-22(21)28)27(35)31-23(26(29)34)15-18-11-13-20(14-12-18)25(33)19-7-3-2-4-8-19/h2-14,23-24H,15-16H2,1H3,(H2,29,34)(H,30,32)(H,31,35)/t23-,24-/m0/s1. The summed E-state index contributed by atoms with van der Waals surface area (Å²) in [6.07, 6.45) is -0.0206. The fourth-order valence-corrected chi connectivity index (χ4v) is 3.62. The van der Waals surface area contributed by atoms with Crippen molar-refractivity contribution >= 4 is 23.5 Å². The van der Waals surface area contributed by atoms with Gasteiger partial charge in [-0.2, -0.15) is 0 Å². The lowest BCUT2D eigenvalue weighted by atomic mass is 9.99. The minimum Gasteiger partial charge on any atom is -0.368 e. The third kappa shape index (κ3) is 7.07. The Bertz CT molecular complexity index is 1210. The molecule has 0 saturated heterocycles. The summed E-state index contributed by atoms with van der Waals surface area (Å²) >= 11 is 0. The summed E-state index contributed by atoms with van der Waals surface area (Å²) in [5.41, 5.74) is 7.46. The Labute approximate surface area is 202 Å². The molecule has 7 nitrogen and oxygen atoms in total. The second-order valence-electron chi connectivity index (χ2n) is 8.11. The largest absolute Gasteiger partial charge is 0.368 e. The van der Waals surface area contributed by atoms with E-state index < -0.39 is 35.6 Å². The smallest absolute Gasteiger partial charge is 0.243 e. The third-order valence-electron chi connectivity index (χ3n) is 5.43. The Balaban J connectivity index is 1.71. The van der Waals surface area contributed by atoms with Crippen LogP contribution in [0.1, 0.15) is 34.0 Å². The van der Waals surface area contributed by atoms with Crippen LogP contribution in [-0.4, -0.2) is 35.6 Å². The molecule has 0 heterocycles. The van der Waals surface area contributed by atoms with E-state index in [9.17, 15) is 23.6 Å². The van der Waals surface area contributed by atoms with E-state index in [-0.39, 0.29) is 24.2 Å². The molecule has 180 valence electrons. The molecule has 0 bridgehead atoms. The number of carbonyl (C=O) groups excluding carboxylic acids is 4. The van der Waals surface area contributed by atoms with Crippen molar-refractivity contribution in [3.05, 3.63) is 107 Å². The predicted octanol–water partition coefficient (Wildman–Crippen LogP) is 2.32. The van der Waals surface area contributed by atoms with Gasteiger partial charge >= 0.3 is 0 Å². The molecule has 3 aromatic rings. The monoisotopic (exact) mass is 475 g/mol. The van der Waals surface area contributed by atoms with Gasteiger partial charge in [-0.15, -0.1) is 0 Å². The first-order chi connectivity index (χ1) is 16.7. The highest BCUT2D eigenvalue weighted by molar-refractivity contribution is 6.08. The number of benzene rings is 3. The van der Waals surface area contributed by atoms with Gasteiger partial charge in [0.1, 0.15) is 17.9 Å². The average molecular weight is 476 g/mol. The number of rotatable bonds is 10. The normalized spacial score (nSPS) is 12.3. The van der Waals surface area contributed by atoms with Crippen LogP contribution in [-0.2, 0) is 27.2 Å². The van der Waals surface area contributed by atoms with E-state index >= 15 is 0 Å². The zero-order chi connectivity index (χ0) is 25.4. The lowest BCUT2D eigenvalue weighted by molar-refractivity contribution is -0.130. The number of hydrogen-bond donors (Lipinski definition) is 3. The number of hydrogen-bond acceptors (Lipinski definition) is 4. The topological polar surface area (TPSA) is 118 Å². The molecular formula is C27H26FN3O4. The van der Waals surface area contributed by atoms with Crippen molar-refractivity contribution in [3.63, 3.8) is 0 Å². The summed E-state index contributed by atoms with van der Waals surface area (Å²) in [6.45, 7) is 1.24. The van der Waals surface area contributed by atoms with Crippen molar-refractivity contribution in [1.82, 2.24) is 10.6 Å². The first kappa shape index (κ1) is 25.3. The maximum Gasteiger partial charge on any atom is 0.243 e. The van der Waals surface area contributed by atoms with Crippen molar-refractivity contribution in [2.75, 3.05) is 0 Å². The van der Waals surface area contributed by atoms with Gasteiger partial charge in [-0.1, -0.05) is 72.8 Å². The van der Waals surface area contributed by atoms with Crippen LogP contribution in [0.25, 0.3) is 0 Å². The Morgan fingerprint density at radius 1 is 0.771 bits per heavy atom. The molecule has 0 aliphatic rings. The fourth-order valence-electron chi connectivity index (χ4n) is 3.62. The number of nitrogens with one attached hydrogen (secondary N) is 2. The van der Waals surface area contributed by atoms with Crippen LogP contribution in [0.3, 0.4) is 0 Å². The molecule has 0 unspecified atom stereocenters. The lowest BCUT2D eigenvalue weighted by Crippen LogP contribution is -2.54. The number of amides is 3. The van der Waals surface area contributed by atoms with Crippen molar-refractivity contribution < 1.29 is 23.6 Å².